The largest absolute Gasteiger partial charge is 0.368 e. The lowest BCUT2D eigenvalue weighted by Gasteiger charge is -2.41. The number of hydrogen-bond donors (Lipinski definition) is 1. The van der Waals surface area contributed by atoms with Gasteiger partial charge in [0.2, 0.25) is 0 Å². The third-order valence-electron chi connectivity index (χ3n) is 7.47. The molecule has 1 aromatic carbocycles. The maximum atomic E-state index is 4.56. The normalized spacial score (nSPS) is 23.8. The van der Waals surface area contributed by atoms with Crippen LogP contribution in [0, 0.1) is 6.92 Å². The van der Waals surface area contributed by atoms with Crippen molar-refractivity contribution in [1.29, 1.82) is 0 Å². The number of rotatable bonds is 6. The van der Waals surface area contributed by atoms with Crippen LogP contribution in [0.4, 0.5) is 5.69 Å². The van der Waals surface area contributed by atoms with Crippen LogP contribution >= 0.6 is 0 Å². The fourth-order valence-electron chi connectivity index (χ4n) is 5.63. The number of nitrogens with one attached hydrogen (secondary N) is 1. The Morgan fingerprint density at radius 2 is 2.10 bits per heavy atom. The van der Waals surface area contributed by atoms with Crippen molar-refractivity contribution in [1.82, 2.24) is 20.1 Å². The molecule has 0 radical (unpaired) electrons. The second-order valence-electron chi connectivity index (χ2n) is 9.83. The monoisotopic (exact) mass is 419 g/mol. The van der Waals surface area contributed by atoms with Crippen LogP contribution in [0.1, 0.15) is 41.6 Å². The van der Waals surface area contributed by atoms with E-state index in [0.29, 0.717) is 6.04 Å². The molecule has 5 nitrogen and oxygen atoms in total. The van der Waals surface area contributed by atoms with Crippen molar-refractivity contribution in [3.63, 3.8) is 0 Å². The summed E-state index contributed by atoms with van der Waals surface area (Å²) in [4.78, 5) is 12.4. The standard InChI is InChI=1S/C26H37N5/c1-20-8-9-23(27-16-20)18-29(2)12-10-22-15-25-21(17-28-22)5-3-7-26(25)31-14-13-30-11-4-6-24(30)19-31/h3,5,7-9,16,22,24,28H,4,6,10-15,17-19H2,1-2H3/t22-,24?/m0/s1. The number of piperazine rings is 1. The van der Waals surface area contributed by atoms with Crippen LogP contribution in [0.2, 0.25) is 0 Å². The Balaban J connectivity index is 1.20. The molecule has 2 aromatic rings. The van der Waals surface area contributed by atoms with Gasteiger partial charge < -0.3 is 15.1 Å². The Morgan fingerprint density at radius 3 is 2.97 bits per heavy atom. The topological polar surface area (TPSA) is 34.6 Å². The molecule has 3 aliphatic rings. The van der Waals surface area contributed by atoms with Crippen LogP contribution in [-0.4, -0.2) is 66.6 Å². The lowest BCUT2D eigenvalue weighted by atomic mass is 9.91. The van der Waals surface area contributed by atoms with Crippen LogP contribution in [0.3, 0.4) is 0 Å². The van der Waals surface area contributed by atoms with E-state index in [-0.39, 0.29) is 0 Å². The van der Waals surface area contributed by atoms with Gasteiger partial charge in [0.1, 0.15) is 0 Å². The number of aryl methyl sites for hydroxylation is 1. The minimum absolute atomic E-state index is 0.551. The molecule has 3 aliphatic heterocycles. The molecule has 31 heavy (non-hydrogen) atoms. The van der Waals surface area contributed by atoms with Gasteiger partial charge in [0.25, 0.3) is 0 Å². The van der Waals surface area contributed by atoms with Crippen molar-refractivity contribution >= 4 is 5.69 Å². The maximum Gasteiger partial charge on any atom is 0.0544 e. The molecule has 0 bridgehead atoms. The highest BCUT2D eigenvalue weighted by molar-refractivity contribution is 5.58. The van der Waals surface area contributed by atoms with Crippen LogP contribution in [0.5, 0.6) is 0 Å². The van der Waals surface area contributed by atoms with Gasteiger partial charge in [-0.3, -0.25) is 9.88 Å². The van der Waals surface area contributed by atoms with Crippen LogP contribution in [0.15, 0.2) is 36.5 Å². The molecular weight excluding hydrogens is 382 g/mol. The van der Waals surface area contributed by atoms with Crippen molar-refractivity contribution in [2.24, 2.45) is 0 Å². The quantitative estimate of drug-likeness (QED) is 0.778. The van der Waals surface area contributed by atoms with Gasteiger partial charge in [-0.1, -0.05) is 18.2 Å². The molecule has 5 rings (SSSR count). The Morgan fingerprint density at radius 1 is 1.16 bits per heavy atom. The summed E-state index contributed by atoms with van der Waals surface area (Å²) in [5.41, 5.74) is 6.98. The van der Waals surface area contributed by atoms with Crippen molar-refractivity contribution < 1.29 is 0 Å². The molecule has 2 fully saturated rings. The summed E-state index contributed by atoms with van der Waals surface area (Å²) in [7, 11) is 2.21. The zero-order valence-corrected chi connectivity index (χ0v) is 19.2. The number of pyridine rings is 1. The lowest BCUT2D eigenvalue weighted by molar-refractivity contribution is 0.230. The molecule has 2 atom stereocenters. The zero-order chi connectivity index (χ0) is 21.2. The van der Waals surface area contributed by atoms with Gasteiger partial charge in [0.05, 0.1) is 5.69 Å². The fourth-order valence-corrected chi connectivity index (χ4v) is 5.63. The minimum atomic E-state index is 0.551. The summed E-state index contributed by atoms with van der Waals surface area (Å²) in [6, 6.07) is 12.6. The first-order valence-electron chi connectivity index (χ1n) is 12.1. The van der Waals surface area contributed by atoms with Crippen LogP contribution in [-0.2, 0) is 19.5 Å². The molecule has 1 aromatic heterocycles. The first-order chi connectivity index (χ1) is 15.2. The summed E-state index contributed by atoms with van der Waals surface area (Å²) >= 11 is 0. The van der Waals surface area contributed by atoms with Crippen molar-refractivity contribution in [2.45, 2.75) is 57.8 Å². The fraction of sp³-hybridized carbons (Fsp3) is 0.577. The summed E-state index contributed by atoms with van der Waals surface area (Å²) in [6.07, 6.45) is 7.04. The van der Waals surface area contributed by atoms with E-state index in [4.69, 9.17) is 0 Å². The number of anilines is 1. The first kappa shape index (κ1) is 20.9. The Bertz CT molecular complexity index is 880. The Hall–Kier alpha value is -1.95. The van der Waals surface area contributed by atoms with E-state index in [0.717, 1.165) is 37.8 Å². The Kier molecular flexibility index (Phi) is 6.26. The molecule has 0 spiro atoms. The second-order valence-corrected chi connectivity index (χ2v) is 9.83. The van der Waals surface area contributed by atoms with E-state index in [1.807, 2.05) is 6.20 Å². The smallest absolute Gasteiger partial charge is 0.0544 e. The molecule has 5 heteroatoms. The summed E-state index contributed by atoms with van der Waals surface area (Å²) < 4.78 is 0. The first-order valence-corrected chi connectivity index (χ1v) is 12.1. The highest BCUT2D eigenvalue weighted by atomic mass is 15.3. The summed E-state index contributed by atoms with van der Waals surface area (Å²) in [5.74, 6) is 0. The lowest BCUT2D eigenvalue weighted by Crippen LogP contribution is -2.50. The summed E-state index contributed by atoms with van der Waals surface area (Å²) in [5, 5.41) is 3.80. The predicted octanol–water partition coefficient (Wildman–Crippen LogP) is 3.21. The molecule has 2 saturated heterocycles. The average Bonchev–Trinajstić information content (AvgIpc) is 3.27. The maximum absolute atomic E-state index is 4.56. The van der Waals surface area contributed by atoms with Crippen LogP contribution in [0.25, 0.3) is 0 Å². The van der Waals surface area contributed by atoms with Crippen molar-refractivity contribution in [3.8, 4) is 0 Å². The van der Waals surface area contributed by atoms with Gasteiger partial charge in [-0.05, 0) is 81.6 Å². The van der Waals surface area contributed by atoms with E-state index in [2.05, 4.69) is 69.3 Å². The molecule has 166 valence electrons. The van der Waals surface area contributed by atoms with Crippen molar-refractivity contribution in [3.05, 3.63) is 58.9 Å². The summed E-state index contributed by atoms with van der Waals surface area (Å²) in [6.45, 7) is 10.0. The SMILES string of the molecule is Cc1ccc(CN(C)CC[C@H]2Cc3c(cccc3N3CCN4CCCC4C3)CN2)nc1. The van der Waals surface area contributed by atoms with E-state index < -0.39 is 0 Å². The number of hydrogen-bond acceptors (Lipinski definition) is 5. The number of nitrogens with zero attached hydrogens (tertiary/aromatic N) is 4. The third kappa shape index (κ3) is 4.79. The predicted molar refractivity (Wildman–Crippen MR) is 128 cm³/mol. The molecule has 0 aliphatic carbocycles. The molecular formula is C26H37N5. The number of aromatic nitrogens is 1. The second kappa shape index (κ2) is 9.27. The van der Waals surface area contributed by atoms with Gasteiger partial charge in [0.15, 0.2) is 0 Å². The number of fused-ring (bicyclic) bond motifs is 2. The molecule has 0 saturated carbocycles. The molecule has 4 heterocycles. The molecule has 1 N–H and O–H groups in total. The third-order valence-corrected chi connectivity index (χ3v) is 7.47. The van der Waals surface area contributed by atoms with Gasteiger partial charge in [-0.25, -0.2) is 0 Å². The van der Waals surface area contributed by atoms with E-state index in [1.165, 1.54) is 62.3 Å². The van der Waals surface area contributed by atoms with Gasteiger partial charge >= 0.3 is 0 Å². The van der Waals surface area contributed by atoms with Gasteiger partial charge in [-0.15, -0.1) is 0 Å². The highest BCUT2D eigenvalue weighted by Gasteiger charge is 2.32. The Labute approximate surface area is 187 Å². The van der Waals surface area contributed by atoms with Crippen LogP contribution < -0.4 is 10.2 Å². The van der Waals surface area contributed by atoms with Gasteiger partial charge in [0, 0.05) is 56.7 Å². The highest BCUT2D eigenvalue weighted by Crippen LogP contribution is 2.32. The minimum Gasteiger partial charge on any atom is -0.368 e. The number of benzene rings is 1. The van der Waals surface area contributed by atoms with Crippen molar-refractivity contribution in [2.75, 3.05) is 44.7 Å². The van der Waals surface area contributed by atoms with Gasteiger partial charge in [-0.2, -0.15) is 0 Å². The molecule has 1 unspecified atom stereocenters. The van der Waals surface area contributed by atoms with E-state index in [1.54, 1.807) is 5.56 Å². The molecule has 0 amide bonds. The zero-order valence-electron chi connectivity index (χ0n) is 19.2. The average molecular weight is 420 g/mol. The van der Waals surface area contributed by atoms with E-state index in [9.17, 15) is 0 Å². The van der Waals surface area contributed by atoms with E-state index >= 15 is 0 Å².